The van der Waals surface area contributed by atoms with Gasteiger partial charge in [0.2, 0.25) is 11.8 Å². The third kappa shape index (κ3) is 4.21. The molecule has 102 valence electrons. The average Bonchev–Trinajstić information content (AvgIpc) is 2.82. The van der Waals surface area contributed by atoms with Crippen LogP contribution in [0.1, 0.15) is 26.2 Å². The third-order valence-electron chi connectivity index (χ3n) is 2.66. The number of hydrogen-bond acceptors (Lipinski definition) is 4. The number of nitrogens with zero attached hydrogens (tertiary/aromatic N) is 1. The highest BCUT2D eigenvalue weighted by Gasteiger charge is 2.34. The van der Waals surface area contributed by atoms with Crippen molar-refractivity contribution in [2.24, 2.45) is 0 Å². The van der Waals surface area contributed by atoms with E-state index in [9.17, 15) is 14.4 Å². The zero-order valence-corrected chi connectivity index (χ0v) is 11.2. The summed E-state index contributed by atoms with van der Waals surface area (Å²) in [5.74, 6) is -0.459. The monoisotopic (exact) mass is 274 g/mol. The first-order valence-corrected chi connectivity index (χ1v) is 7.08. The lowest BCUT2D eigenvalue weighted by molar-refractivity contribution is -0.140. The highest BCUT2D eigenvalue weighted by atomic mass is 32.2. The standard InChI is InChI=1S/C11H18N2O4S/c1-2-3-4-9(14)13-7-18-6-8(13)11(17)12-5-10(15)16/h8H,2-7H2,1H3,(H,12,17)(H,15,16). The van der Waals surface area contributed by atoms with Gasteiger partial charge in [-0.15, -0.1) is 11.8 Å². The van der Waals surface area contributed by atoms with E-state index in [1.165, 1.54) is 16.7 Å². The Kier molecular flexibility index (Phi) is 5.97. The van der Waals surface area contributed by atoms with Gasteiger partial charge < -0.3 is 15.3 Å². The molecule has 1 heterocycles. The fourth-order valence-electron chi connectivity index (χ4n) is 1.66. The molecule has 6 nitrogen and oxygen atoms in total. The van der Waals surface area contributed by atoms with Gasteiger partial charge in [0.25, 0.3) is 0 Å². The first-order valence-electron chi connectivity index (χ1n) is 5.93. The van der Waals surface area contributed by atoms with Crippen LogP contribution in [0.4, 0.5) is 0 Å². The Hall–Kier alpha value is -1.24. The molecule has 2 amide bonds. The van der Waals surface area contributed by atoms with Gasteiger partial charge in [-0.25, -0.2) is 0 Å². The lowest BCUT2D eigenvalue weighted by atomic mass is 10.2. The number of carboxylic acid groups (broad SMARTS) is 1. The number of carbonyl (C=O) groups is 3. The van der Waals surface area contributed by atoms with Crippen molar-refractivity contribution < 1.29 is 19.5 Å². The van der Waals surface area contributed by atoms with Crippen LogP contribution in [0.25, 0.3) is 0 Å². The number of amides is 2. The van der Waals surface area contributed by atoms with E-state index in [-0.39, 0.29) is 11.8 Å². The minimum Gasteiger partial charge on any atom is -0.480 e. The number of unbranched alkanes of at least 4 members (excludes halogenated alkanes) is 1. The van der Waals surface area contributed by atoms with Gasteiger partial charge in [0.05, 0.1) is 5.88 Å². The molecule has 1 fully saturated rings. The molecule has 0 bridgehead atoms. The van der Waals surface area contributed by atoms with Crippen LogP contribution < -0.4 is 5.32 Å². The zero-order chi connectivity index (χ0) is 13.5. The molecule has 1 aliphatic heterocycles. The molecule has 7 heteroatoms. The summed E-state index contributed by atoms with van der Waals surface area (Å²) in [6, 6.07) is -0.529. The van der Waals surface area contributed by atoms with Crippen LogP contribution in [0.5, 0.6) is 0 Å². The molecule has 0 aromatic rings. The molecule has 1 saturated heterocycles. The van der Waals surface area contributed by atoms with E-state index in [4.69, 9.17) is 5.11 Å². The Morgan fingerprint density at radius 1 is 1.44 bits per heavy atom. The molecule has 0 aliphatic carbocycles. The van der Waals surface area contributed by atoms with E-state index in [1.807, 2.05) is 6.92 Å². The van der Waals surface area contributed by atoms with Gasteiger partial charge in [-0.05, 0) is 6.42 Å². The minimum absolute atomic E-state index is 0.0303. The number of carbonyl (C=O) groups excluding carboxylic acids is 2. The molecule has 1 rings (SSSR count). The number of nitrogens with one attached hydrogen (secondary N) is 1. The molecular weight excluding hydrogens is 256 g/mol. The Morgan fingerprint density at radius 3 is 2.78 bits per heavy atom. The Morgan fingerprint density at radius 2 is 2.17 bits per heavy atom. The highest BCUT2D eigenvalue weighted by Crippen LogP contribution is 2.22. The molecular formula is C11H18N2O4S. The van der Waals surface area contributed by atoms with Crippen LogP contribution in [0.2, 0.25) is 0 Å². The fourth-order valence-corrected chi connectivity index (χ4v) is 2.84. The molecule has 1 aliphatic rings. The van der Waals surface area contributed by atoms with Crippen molar-refractivity contribution in [2.45, 2.75) is 32.2 Å². The number of hydrogen-bond donors (Lipinski definition) is 2. The van der Waals surface area contributed by atoms with Crippen molar-refractivity contribution in [3.8, 4) is 0 Å². The summed E-state index contributed by atoms with van der Waals surface area (Å²) in [4.78, 5) is 35.5. The van der Waals surface area contributed by atoms with Gasteiger partial charge in [0, 0.05) is 12.2 Å². The molecule has 0 spiro atoms. The fraction of sp³-hybridized carbons (Fsp3) is 0.727. The largest absolute Gasteiger partial charge is 0.480 e. The second kappa shape index (κ2) is 7.25. The van der Waals surface area contributed by atoms with E-state index >= 15 is 0 Å². The van der Waals surface area contributed by atoms with E-state index in [0.29, 0.717) is 18.1 Å². The van der Waals surface area contributed by atoms with E-state index in [1.54, 1.807) is 0 Å². The molecule has 0 radical (unpaired) electrons. The maximum Gasteiger partial charge on any atom is 0.322 e. The molecule has 18 heavy (non-hydrogen) atoms. The Balaban J connectivity index is 2.50. The summed E-state index contributed by atoms with van der Waals surface area (Å²) in [6.07, 6.45) is 2.19. The normalized spacial score (nSPS) is 18.7. The summed E-state index contributed by atoms with van der Waals surface area (Å²) < 4.78 is 0. The van der Waals surface area contributed by atoms with Crippen LogP contribution in [0.3, 0.4) is 0 Å². The summed E-state index contributed by atoms with van der Waals surface area (Å²) in [5, 5.41) is 10.8. The lowest BCUT2D eigenvalue weighted by Crippen LogP contribution is -2.48. The second-order valence-corrected chi connectivity index (χ2v) is 5.09. The van der Waals surface area contributed by atoms with E-state index < -0.39 is 18.6 Å². The Bertz CT molecular complexity index is 335. The van der Waals surface area contributed by atoms with Crippen molar-refractivity contribution in [3.63, 3.8) is 0 Å². The summed E-state index contributed by atoms with van der Waals surface area (Å²) in [5.41, 5.74) is 0. The predicted molar refractivity (Wildman–Crippen MR) is 68.1 cm³/mol. The maximum atomic E-state index is 11.9. The Labute approximate surface area is 110 Å². The van der Waals surface area contributed by atoms with Crippen LogP contribution in [-0.4, -0.2) is 52.0 Å². The molecule has 0 aromatic carbocycles. The topological polar surface area (TPSA) is 86.7 Å². The molecule has 1 atom stereocenters. The second-order valence-electron chi connectivity index (χ2n) is 4.09. The minimum atomic E-state index is -1.09. The van der Waals surface area contributed by atoms with Crippen LogP contribution in [-0.2, 0) is 14.4 Å². The van der Waals surface area contributed by atoms with Crippen molar-refractivity contribution >= 4 is 29.5 Å². The third-order valence-corrected chi connectivity index (χ3v) is 3.68. The van der Waals surface area contributed by atoms with Crippen LogP contribution in [0.15, 0.2) is 0 Å². The summed E-state index contributed by atoms with van der Waals surface area (Å²) in [7, 11) is 0. The van der Waals surface area contributed by atoms with Crippen molar-refractivity contribution in [1.82, 2.24) is 10.2 Å². The molecule has 1 unspecified atom stereocenters. The van der Waals surface area contributed by atoms with Gasteiger partial charge in [-0.3, -0.25) is 14.4 Å². The average molecular weight is 274 g/mol. The van der Waals surface area contributed by atoms with Crippen molar-refractivity contribution in [3.05, 3.63) is 0 Å². The number of carboxylic acids is 1. The van der Waals surface area contributed by atoms with Crippen LogP contribution >= 0.6 is 11.8 Å². The highest BCUT2D eigenvalue weighted by molar-refractivity contribution is 7.99. The number of rotatable bonds is 6. The van der Waals surface area contributed by atoms with Crippen molar-refractivity contribution in [1.29, 1.82) is 0 Å². The van der Waals surface area contributed by atoms with Gasteiger partial charge in [-0.2, -0.15) is 0 Å². The number of thioether (sulfide) groups is 1. The smallest absolute Gasteiger partial charge is 0.322 e. The zero-order valence-electron chi connectivity index (χ0n) is 10.3. The summed E-state index contributed by atoms with van der Waals surface area (Å²) >= 11 is 1.51. The molecule has 0 saturated carbocycles. The SMILES string of the molecule is CCCCC(=O)N1CSCC1C(=O)NCC(=O)O. The molecule has 2 N–H and O–H groups in total. The van der Waals surface area contributed by atoms with Gasteiger partial charge in [-0.1, -0.05) is 13.3 Å². The van der Waals surface area contributed by atoms with Crippen molar-refractivity contribution in [2.75, 3.05) is 18.2 Å². The first kappa shape index (κ1) is 14.8. The van der Waals surface area contributed by atoms with Gasteiger partial charge in [0.1, 0.15) is 12.6 Å². The first-order chi connectivity index (χ1) is 8.56. The van der Waals surface area contributed by atoms with E-state index in [2.05, 4.69) is 5.32 Å². The van der Waals surface area contributed by atoms with Gasteiger partial charge >= 0.3 is 5.97 Å². The van der Waals surface area contributed by atoms with E-state index in [0.717, 1.165) is 12.8 Å². The lowest BCUT2D eigenvalue weighted by Gasteiger charge is -2.22. The number of aliphatic carboxylic acids is 1. The predicted octanol–water partition coefficient (Wildman–Crippen LogP) is 0.279. The van der Waals surface area contributed by atoms with Gasteiger partial charge in [0.15, 0.2) is 0 Å². The maximum absolute atomic E-state index is 11.9. The molecule has 0 aromatic heterocycles. The summed E-state index contributed by atoms with van der Waals surface area (Å²) in [6.45, 7) is 1.60. The van der Waals surface area contributed by atoms with Crippen LogP contribution in [0, 0.1) is 0 Å². The quantitative estimate of drug-likeness (QED) is 0.726.